The van der Waals surface area contributed by atoms with Gasteiger partial charge < -0.3 is 20.1 Å². The highest BCUT2D eigenvalue weighted by molar-refractivity contribution is 5.87. The van der Waals surface area contributed by atoms with E-state index in [-0.39, 0.29) is 5.91 Å². The van der Waals surface area contributed by atoms with Gasteiger partial charge in [-0.25, -0.2) is 4.79 Å². The van der Waals surface area contributed by atoms with Gasteiger partial charge in [0, 0.05) is 19.6 Å². The van der Waals surface area contributed by atoms with Crippen molar-refractivity contribution in [2.45, 2.75) is 38.9 Å². The van der Waals surface area contributed by atoms with Gasteiger partial charge in [-0.3, -0.25) is 4.79 Å². The number of nitrogens with one attached hydrogen (secondary N) is 1. The second-order valence-electron chi connectivity index (χ2n) is 6.18. The second-order valence-corrected chi connectivity index (χ2v) is 6.18. The van der Waals surface area contributed by atoms with Crippen LogP contribution in [-0.2, 0) is 9.53 Å². The number of hydrogen-bond acceptors (Lipinski definition) is 4. The third-order valence-electron chi connectivity index (χ3n) is 3.25. The van der Waals surface area contributed by atoms with Crippen LogP contribution in [0.2, 0.25) is 0 Å². The molecule has 2 aliphatic rings. The zero-order chi connectivity index (χ0) is 13.6. The van der Waals surface area contributed by atoms with E-state index in [1.54, 1.807) is 20.8 Å². The molecule has 2 N–H and O–H groups in total. The molecule has 18 heavy (non-hydrogen) atoms. The fourth-order valence-corrected chi connectivity index (χ4v) is 2.43. The highest BCUT2D eigenvalue weighted by Gasteiger charge is 2.54. The Morgan fingerprint density at radius 2 is 2.11 bits per heavy atom. The summed E-state index contributed by atoms with van der Waals surface area (Å²) in [6.45, 7) is 6.36. The van der Waals surface area contributed by atoms with Crippen LogP contribution in [0.15, 0.2) is 0 Å². The predicted molar refractivity (Wildman–Crippen MR) is 63.9 cm³/mol. The molecule has 102 valence electrons. The van der Waals surface area contributed by atoms with Crippen LogP contribution in [0.4, 0.5) is 4.79 Å². The summed E-state index contributed by atoms with van der Waals surface area (Å²) in [4.78, 5) is 25.1. The number of amides is 2. The zero-order valence-electron chi connectivity index (χ0n) is 11.0. The number of rotatable bonds is 0. The van der Waals surface area contributed by atoms with Crippen LogP contribution < -0.4 is 5.32 Å². The maximum Gasteiger partial charge on any atom is 0.410 e. The fourth-order valence-electron chi connectivity index (χ4n) is 2.43. The van der Waals surface area contributed by atoms with E-state index in [1.165, 1.54) is 4.90 Å². The highest BCUT2D eigenvalue weighted by Crippen LogP contribution is 2.38. The molecular weight excluding hydrogens is 236 g/mol. The SMILES string of the molecule is CC(C)(C)OC(=O)N1CC2(CC(O)CNC2=O)C1. The quantitative estimate of drug-likeness (QED) is 0.644. The Morgan fingerprint density at radius 1 is 1.50 bits per heavy atom. The molecule has 2 fully saturated rings. The van der Waals surface area contributed by atoms with Gasteiger partial charge in [0.25, 0.3) is 0 Å². The number of nitrogens with zero attached hydrogens (tertiary/aromatic N) is 1. The van der Waals surface area contributed by atoms with E-state index in [4.69, 9.17) is 4.74 Å². The monoisotopic (exact) mass is 256 g/mol. The molecule has 2 saturated heterocycles. The van der Waals surface area contributed by atoms with Gasteiger partial charge in [0.1, 0.15) is 5.60 Å². The molecule has 1 unspecified atom stereocenters. The molecule has 2 aliphatic heterocycles. The van der Waals surface area contributed by atoms with E-state index < -0.39 is 23.2 Å². The molecule has 2 amide bonds. The molecule has 1 atom stereocenters. The van der Waals surface area contributed by atoms with Crippen molar-refractivity contribution in [3.63, 3.8) is 0 Å². The van der Waals surface area contributed by atoms with E-state index in [0.29, 0.717) is 26.1 Å². The van der Waals surface area contributed by atoms with Crippen LogP contribution in [0.1, 0.15) is 27.2 Å². The van der Waals surface area contributed by atoms with Crippen molar-refractivity contribution < 1.29 is 19.4 Å². The van der Waals surface area contributed by atoms with Gasteiger partial charge in [0.15, 0.2) is 0 Å². The minimum Gasteiger partial charge on any atom is -0.444 e. The first-order chi connectivity index (χ1) is 8.22. The molecule has 0 saturated carbocycles. The summed E-state index contributed by atoms with van der Waals surface area (Å²) >= 11 is 0. The molecule has 1 spiro atoms. The van der Waals surface area contributed by atoms with E-state index in [9.17, 15) is 14.7 Å². The lowest BCUT2D eigenvalue weighted by molar-refractivity contribution is -0.149. The van der Waals surface area contributed by atoms with Crippen molar-refractivity contribution in [3.05, 3.63) is 0 Å². The summed E-state index contributed by atoms with van der Waals surface area (Å²) in [7, 11) is 0. The number of carbonyl (C=O) groups excluding carboxylic acids is 2. The predicted octanol–water partition coefficient (Wildman–Crippen LogP) is 0.104. The van der Waals surface area contributed by atoms with Crippen molar-refractivity contribution in [2.24, 2.45) is 5.41 Å². The lowest BCUT2D eigenvalue weighted by Gasteiger charge is -2.51. The third-order valence-corrected chi connectivity index (χ3v) is 3.25. The average molecular weight is 256 g/mol. The minimum atomic E-state index is -0.616. The molecule has 6 heteroatoms. The summed E-state index contributed by atoms with van der Waals surface area (Å²) in [6, 6.07) is 0. The third kappa shape index (κ3) is 2.43. The first-order valence-electron chi connectivity index (χ1n) is 6.16. The van der Waals surface area contributed by atoms with Crippen molar-refractivity contribution in [1.29, 1.82) is 0 Å². The maximum absolute atomic E-state index is 11.8. The Balaban J connectivity index is 1.93. The van der Waals surface area contributed by atoms with E-state index in [0.717, 1.165) is 0 Å². The van der Waals surface area contributed by atoms with Crippen LogP contribution in [-0.4, -0.2) is 53.3 Å². The number of ether oxygens (including phenoxy) is 1. The van der Waals surface area contributed by atoms with Crippen LogP contribution in [0.3, 0.4) is 0 Å². The summed E-state index contributed by atoms with van der Waals surface area (Å²) in [5.41, 5.74) is -1.15. The average Bonchev–Trinajstić information content (AvgIpc) is 2.15. The van der Waals surface area contributed by atoms with Crippen LogP contribution >= 0.6 is 0 Å². The second kappa shape index (κ2) is 4.12. The Labute approximate surface area is 106 Å². The highest BCUT2D eigenvalue weighted by atomic mass is 16.6. The summed E-state index contributed by atoms with van der Waals surface area (Å²) in [5.74, 6) is -0.0763. The van der Waals surface area contributed by atoms with Crippen LogP contribution in [0.25, 0.3) is 0 Å². The molecule has 0 aliphatic carbocycles. The van der Waals surface area contributed by atoms with E-state index in [1.807, 2.05) is 0 Å². The number of β-amino-alcohol motifs (C(OH)–C–C–N with tert-alkyl or cyclic N) is 1. The number of carbonyl (C=O) groups is 2. The standard InChI is InChI=1S/C12H20N2O4/c1-11(2,3)18-10(17)14-6-12(7-14)4-8(15)5-13-9(12)16/h8,15H,4-7H2,1-3H3,(H,13,16). The fraction of sp³-hybridized carbons (Fsp3) is 0.833. The number of aliphatic hydroxyl groups is 1. The van der Waals surface area contributed by atoms with Gasteiger partial charge in [-0.05, 0) is 27.2 Å². The molecule has 0 bridgehead atoms. The normalized spacial score (nSPS) is 26.6. The molecule has 6 nitrogen and oxygen atoms in total. The molecule has 0 aromatic carbocycles. The van der Waals surface area contributed by atoms with Crippen LogP contribution in [0.5, 0.6) is 0 Å². The molecule has 2 heterocycles. The number of likely N-dealkylation sites (tertiary alicyclic amines) is 1. The van der Waals surface area contributed by atoms with E-state index in [2.05, 4.69) is 5.32 Å². The van der Waals surface area contributed by atoms with Gasteiger partial charge in [-0.2, -0.15) is 0 Å². The summed E-state index contributed by atoms with van der Waals surface area (Å²) in [6.07, 6.45) is -0.512. The number of piperidine rings is 1. The molecule has 0 radical (unpaired) electrons. The maximum atomic E-state index is 11.8. The lowest BCUT2D eigenvalue weighted by Crippen LogP contribution is -2.68. The Kier molecular flexibility index (Phi) is 3.01. The first-order valence-corrected chi connectivity index (χ1v) is 6.16. The summed E-state index contributed by atoms with van der Waals surface area (Å²) < 4.78 is 5.23. The number of hydrogen-bond donors (Lipinski definition) is 2. The van der Waals surface area contributed by atoms with Gasteiger partial charge in [-0.15, -0.1) is 0 Å². The van der Waals surface area contributed by atoms with Gasteiger partial charge in [0.05, 0.1) is 11.5 Å². The Morgan fingerprint density at radius 3 is 2.67 bits per heavy atom. The van der Waals surface area contributed by atoms with Crippen molar-refractivity contribution in [1.82, 2.24) is 10.2 Å². The van der Waals surface area contributed by atoms with Crippen LogP contribution in [0, 0.1) is 5.41 Å². The van der Waals surface area contributed by atoms with Gasteiger partial charge in [-0.1, -0.05) is 0 Å². The summed E-state index contributed by atoms with van der Waals surface area (Å²) in [5, 5.41) is 12.3. The van der Waals surface area contributed by atoms with E-state index >= 15 is 0 Å². The largest absolute Gasteiger partial charge is 0.444 e. The lowest BCUT2D eigenvalue weighted by atomic mass is 9.72. The van der Waals surface area contributed by atoms with Gasteiger partial charge >= 0.3 is 6.09 Å². The molecule has 0 aromatic heterocycles. The minimum absolute atomic E-state index is 0.0763. The van der Waals surface area contributed by atoms with Crippen molar-refractivity contribution >= 4 is 12.0 Å². The van der Waals surface area contributed by atoms with Crippen molar-refractivity contribution in [2.75, 3.05) is 19.6 Å². The Hall–Kier alpha value is -1.30. The number of aliphatic hydroxyl groups excluding tert-OH is 1. The zero-order valence-corrected chi connectivity index (χ0v) is 11.0. The molecule has 0 aromatic rings. The molecule has 2 rings (SSSR count). The Bertz CT molecular complexity index is 369. The molecular formula is C12H20N2O4. The van der Waals surface area contributed by atoms with Gasteiger partial charge in [0.2, 0.25) is 5.91 Å². The topological polar surface area (TPSA) is 78.9 Å². The first kappa shape index (κ1) is 13.1. The smallest absolute Gasteiger partial charge is 0.410 e. The van der Waals surface area contributed by atoms with Crippen molar-refractivity contribution in [3.8, 4) is 0 Å².